The fourth-order valence-electron chi connectivity index (χ4n) is 4.90. The molecule has 1 N–H and O–H groups in total. The van der Waals surface area contributed by atoms with E-state index >= 15 is 0 Å². The molecule has 38 heavy (non-hydrogen) atoms. The molecule has 1 aromatic heterocycles. The number of urea groups is 1. The molecule has 1 aliphatic heterocycles. The first-order valence-electron chi connectivity index (χ1n) is 12.3. The average molecular weight is 549 g/mol. The molecule has 0 spiro atoms. The van der Waals surface area contributed by atoms with Crippen LogP contribution in [-0.2, 0) is 18.1 Å². The molecule has 2 heterocycles. The quantitative estimate of drug-likeness (QED) is 0.378. The molecule has 2 aromatic carbocycles. The Bertz CT molecular complexity index is 1250. The number of rotatable bonds is 6. The van der Waals surface area contributed by atoms with Crippen LogP contribution in [0.25, 0.3) is 0 Å². The van der Waals surface area contributed by atoms with Crippen LogP contribution in [0.15, 0.2) is 66.9 Å². The number of piperidine rings is 1. The second kappa shape index (κ2) is 11.3. The molecule has 1 fully saturated rings. The number of nitrogens with one attached hydrogen (secondary N) is 1. The van der Waals surface area contributed by atoms with Gasteiger partial charge in [-0.25, -0.2) is 9.18 Å². The first kappa shape index (κ1) is 27.9. The smallest absolute Gasteiger partial charge is 0.325 e. The summed E-state index contributed by atoms with van der Waals surface area (Å²) in [4.78, 5) is 21.8. The van der Waals surface area contributed by atoms with Gasteiger partial charge in [-0.2, -0.15) is 13.2 Å². The van der Waals surface area contributed by atoms with Gasteiger partial charge in [0.25, 0.3) is 0 Å². The van der Waals surface area contributed by atoms with Crippen molar-refractivity contribution in [3.05, 3.63) is 100 Å². The van der Waals surface area contributed by atoms with Gasteiger partial charge in [-0.3, -0.25) is 4.98 Å². The second-order valence-electron chi connectivity index (χ2n) is 9.77. The lowest BCUT2D eigenvalue weighted by Gasteiger charge is -2.40. The lowest BCUT2D eigenvalue weighted by Crippen LogP contribution is -2.56. The van der Waals surface area contributed by atoms with Crippen LogP contribution in [0, 0.1) is 5.82 Å². The van der Waals surface area contributed by atoms with E-state index in [0.717, 1.165) is 25.0 Å². The number of hydrogen-bond acceptors (Lipinski definition) is 3. The van der Waals surface area contributed by atoms with Gasteiger partial charge in [-0.15, -0.1) is 0 Å². The van der Waals surface area contributed by atoms with E-state index in [-0.39, 0.29) is 17.7 Å². The zero-order chi connectivity index (χ0) is 27.5. The van der Waals surface area contributed by atoms with Crippen LogP contribution < -0.4 is 5.32 Å². The van der Waals surface area contributed by atoms with Gasteiger partial charge in [0, 0.05) is 31.7 Å². The highest BCUT2D eigenvalue weighted by Crippen LogP contribution is 2.38. The van der Waals surface area contributed by atoms with E-state index in [4.69, 9.17) is 11.6 Å². The molecule has 0 bridgehead atoms. The molecule has 3 aromatic rings. The molecule has 4 rings (SSSR count). The summed E-state index contributed by atoms with van der Waals surface area (Å²) >= 11 is 6.07. The standard InChI is InChI=1S/C28H29ClF4N4O/c1-36(2)24-10-12-37(13-11-24)26(38)35-27(17-19-6-4-3-5-7-19,25-9-8-22(29)18-34-25)20-14-21(28(31,32)33)16-23(30)15-20/h3-9,14-16,18,24H,10-13,17H2,1-2H3,(H,35,38)/t27-/m0/s1. The Labute approximate surface area is 224 Å². The third-order valence-corrected chi connectivity index (χ3v) is 7.22. The fourth-order valence-corrected chi connectivity index (χ4v) is 5.01. The summed E-state index contributed by atoms with van der Waals surface area (Å²) in [7, 11) is 3.97. The van der Waals surface area contributed by atoms with Crippen molar-refractivity contribution >= 4 is 17.6 Å². The van der Waals surface area contributed by atoms with Crippen molar-refractivity contribution < 1.29 is 22.4 Å². The first-order valence-corrected chi connectivity index (χ1v) is 12.6. The van der Waals surface area contributed by atoms with Crippen molar-refractivity contribution in [1.29, 1.82) is 0 Å². The summed E-state index contributed by atoms with van der Waals surface area (Å²) < 4.78 is 56.1. The van der Waals surface area contributed by atoms with E-state index < -0.39 is 29.1 Å². The Morgan fingerprint density at radius 3 is 2.29 bits per heavy atom. The minimum atomic E-state index is -4.79. The van der Waals surface area contributed by atoms with Crippen molar-refractivity contribution in [3.63, 3.8) is 0 Å². The van der Waals surface area contributed by atoms with E-state index in [1.807, 2.05) is 20.2 Å². The topological polar surface area (TPSA) is 48.5 Å². The Morgan fingerprint density at radius 1 is 1.05 bits per heavy atom. The van der Waals surface area contributed by atoms with Gasteiger partial charge >= 0.3 is 12.2 Å². The number of halogens is 5. The molecule has 0 unspecified atom stereocenters. The van der Waals surface area contributed by atoms with Crippen LogP contribution in [0.3, 0.4) is 0 Å². The molecule has 0 saturated carbocycles. The Kier molecular flexibility index (Phi) is 8.28. The zero-order valence-electron chi connectivity index (χ0n) is 21.1. The molecule has 5 nitrogen and oxygen atoms in total. The van der Waals surface area contributed by atoms with Gasteiger partial charge in [0.2, 0.25) is 0 Å². The number of benzene rings is 2. The van der Waals surface area contributed by atoms with Crippen molar-refractivity contribution in [3.8, 4) is 0 Å². The van der Waals surface area contributed by atoms with Crippen LogP contribution in [0.2, 0.25) is 5.02 Å². The monoisotopic (exact) mass is 548 g/mol. The number of alkyl halides is 3. The van der Waals surface area contributed by atoms with Crippen LogP contribution in [0.4, 0.5) is 22.4 Å². The third-order valence-electron chi connectivity index (χ3n) is 7.00. The maximum absolute atomic E-state index is 14.7. The number of aromatic nitrogens is 1. The number of carbonyl (C=O) groups is 1. The molecule has 10 heteroatoms. The van der Waals surface area contributed by atoms with E-state index in [2.05, 4.69) is 15.2 Å². The highest BCUT2D eigenvalue weighted by molar-refractivity contribution is 6.30. The number of carbonyl (C=O) groups excluding carboxylic acids is 1. The molecular formula is C28H29ClF4N4O. The molecule has 0 aliphatic carbocycles. The van der Waals surface area contributed by atoms with Crippen molar-refractivity contribution in [1.82, 2.24) is 20.1 Å². The van der Waals surface area contributed by atoms with Gasteiger partial charge in [0.1, 0.15) is 11.4 Å². The third kappa shape index (κ3) is 6.27. The summed E-state index contributed by atoms with van der Waals surface area (Å²) in [5.41, 5.74) is -1.89. The predicted octanol–water partition coefficient (Wildman–Crippen LogP) is 6.11. The predicted molar refractivity (Wildman–Crippen MR) is 138 cm³/mol. The summed E-state index contributed by atoms with van der Waals surface area (Å²) in [5.74, 6) is -1.07. The lowest BCUT2D eigenvalue weighted by atomic mass is 9.79. The molecule has 1 atom stereocenters. The summed E-state index contributed by atoms with van der Waals surface area (Å²) in [6.45, 7) is 0.947. The molecule has 1 aliphatic rings. The van der Waals surface area contributed by atoms with Crippen LogP contribution in [0.5, 0.6) is 0 Å². The van der Waals surface area contributed by atoms with Gasteiger partial charge < -0.3 is 15.1 Å². The average Bonchev–Trinajstić information content (AvgIpc) is 2.88. The zero-order valence-corrected chi connectivity index (χ0v) is 21.9. The largest absolute Gasteiger partial charge is 0.416 e. The van der Waals surface area contributed by atoms with Crippen molar-refractivity contribution in [2.45, 2.75) is 37.0 Å². The van der Waals surface area contributed by atoms with Gasteiger partial charge in [-0.05, 0) is 68.4 Å². The SMILES string of the molecule is CN(C)C1CCN(C(=O)N[C@@](Cc2ccccc2)(c2cc(F)cc(C(F)(F)F)c2)c2ccc(Cl)cn2)CC1. The highest BCUT2D eigenvalue weighted by Gasteiger charge is 2.42. The number of nitrogens with zero attached hydrogens (tertiary/aromatic N) is 3. The minimum Gasteiger partial charge on any atom is -0.325 e. The molecule has 202 valence electrons. The number of pyridine rings is 1. The summed E-state index contributed by atoms with van der Waals surface area (Å²) in [5, 5.41) is 3.30. The maximum Gasteiger partial charge on any atom is 0.416 e. The number of amides is 2. The Morgan fingerprint density at radius 2 is 1.71 bits per heavy atom. The summed E-state index contributed by atoms with van der Waals surface area (Å²) in [6.07, 6.45) is -1.90. The second-order valence-corrected chi connectivity index (χ2v) is 10.2. The van der Waals surface area contributed by atoms with E-state index in [1.54, 1.807) is 41.3 Å². The van der Waals surface area contributed by atoms with E-state index in [0.29, 0.717) is 35.8 Å². The van der Waals surface area contributed by atoms with Gasteiger partial charge in [0.05, 0.1) is 16.3 Å². The molecular weight excluding hydrogens is 520 g/mol. The fraction of sp³-hybridized carbons (Fsp3) is 0.357. The minimum absolute atomic E-state index is 0.0309. The van der Waals surface area contributed by atoms with Crippen molar-refractivity contribution in [2.75, 3.05) is 27.2 Å². The normalized spacial score (nSPS) is 16.4. The first-order chi connectivity index (χ1) is 18.0. The van der Waals surface area contributed by atoms with Gasteiger partial charge in [0.15, 0.2) is 0 Å². The number of hydrogen-bond donors (Lipinski definition) is 1. The van der Waals surface area contributed by atoms with Crippen LogP contribution >= 0.6 is 11.6 Å². The van der Waals surface area contributed by atoms with Crippen LogP contribution in [0.1, 0.15) is 35.2 Å². The van der Waals surface area contributed by atoms with Gasteiger partial charge in [-0.1, -0.05) is 41.9 Å². The highest BCUT2D eigenvalue weighted by atomic mass is 35.5. The lowest BCUT2D eigenvalue weighted by molar-refractivity contribution is -0.137. The summed E-state index contributed by atoms with van der Waals surface area (Å²) in [6, 6.07) is 14.3. The molecule has 0 radical (unpaired) electrons. The van der Waals surface area contributed by atoms with E-state index in [1.165, 1.54) is 6.20 Å². The van der Waals surface area contributed by atoms with Crippen molar-refractivity contribution in [2.24, 2.45) is 0 Å². The number of likely N-dealkylation sites (tertiary alicyclic amines) is 1. The molecule has 2 amide bonds. The molecule has 1 saturated heterocycles. The van der Waals surface area contributed by atoms with Crippen LogP contribution in [-0.4, -0.2) is 54.0 Å². The maximum atomic E-state index is 14.7. The Hall–Kier alpha value is -3.17. The Balaban J connectivity index is 1.85. The van der Waals surface area contributed by atoms with E-state index in [9.17, 15) is 22.4 Å².